The van der Waals surface area contributed by atoms with Crippen molar-refractivity contribution < 1.29 is 0 Å². The molecule has 1 aliphatic carbocycles. The van der Waals surface area contributed by atoms with Gasteiger partial charge in [0.1, 0.15) is 0 Å². The molecular weight excluding hydrogens is 158 g/mol. The molecule has 0 bridgehead atoms. The summed E-state index contributed by atoms with van der Waals surface area (Å²) in [5.41, 5.74) is 0. The van der Waals surface area contributed by atoms with E-state index in [0.29, 0.717) is 0 Å². The first-order valence-electron chi connectivity index (χ1n) is 5.88. The van der Waals surface area contributed by atoms with E-state index >= 15 is 0 Å². The molecule has 78 valence electrons. The Labute approximate surface area is 83.5 Å². The molecule has 13 heavy (non-hydrogen) atoms. The average Bonchev–Trinajstić information content (AvgIpc) is 2.51. The molecule has 1 aliphatic rings. The first kappa shape index (κ1) is 11.0. The van der Waals surface area contributed by atoms with Gasteiger partial charge < -0.3 is 4.90 Å². The van der Waals surface area contributed by atoms with Gasteiger partial charge in [-0.25, -0.2) is 0 Å². The molecule has 0 aromatic heterocycles. The fourth-order valence-electron chi connectivity index (χ4n) is 2.70. The lowest BCUT2D eigenvalue weighted by Gasteiger charge is -2.18. The van der Waals surface area contributed by atoms with Crippen LogP contribution >= 0.6 is 0 Å². The van der Waals surface area contributed by atoms with Crippen LogP contribution in [0.4, 0.5) is 0 Å². The predicted octanol–water partition coefficient (Wildman–Crippen LogP) is 3.15. The van der Waals surface area contributed by atoms with Crippen LogP contribution in [0.3, 0.4) is 0 Å². The van der Waals surface area contributed by atoms with Crippen LogP contribution in [0, 0.1) is 11.8 Å². The molecule has 1 rings (SSSR count). The van der Waals surface area contributed by atoms with Crippen LogP contribution in [-0.2, 0) is 0 Å². The molecule has 1 fully saturated rings. The Morgan fingerprint density at radius 3 is 2.46 bits per heavy atom. The summed E-state index contributed by atoms with van der Waals surface area (Å²) in [6.07, 6.45) is 8.78. The van der Waals surface area contributed by atoms with Crippen molar-refractivity contribution in [3.63, 3.8) is 0 Å². The molecule has 0 radical (unpaired) electrons. The zero-order valence-electron chi connectivity index (χ0n) is 9.55. The molecule has 0 saturated heterocycles. The zero-order chi connectivity index (χ0) is 9.68. The van der Waals surface area contributed by atoms with Crippen LogP contribution in [-0.4, -0.2) is 25.5 Å². The number of hydrogen-bond acceptors (Lipinski definition) is 1. The lowest BCUT2D eigenvalue weighted by molar-refractivity contribution is 0.316. The monoisotopic (exact) mass is 183 g/mol. The Balaban J connectivity index is 2.13. The van der Waals surface area contributed by atoms with Crippen LogP contribution < -0.4 is 0 Å². The second-order valence-corrected chi connectivity index (χ2v) is 4.80. The van der Waals surface area contributed by atoms with Gasteiger partial charge in [0, 0.05) is 0 Å². The average molecular weight is 183 g/mol. The maximum Gasteiger partial charge on any atom is -0.00247 e. The van der Waals surface area contributed by atoms with Crippen molar-refractivity contribution >= 4 is 0 Å². The molecular formula is C12H25N. The van der Waals surface area contributed by atoms with Crippen molar-refractivity contribution in [3.05, 3.63) is 0 Å². The molecule has 0 spiro atoms. The quantitative estimate of drug-likeness (QED) is 0.633. The van der Waals surface area contributed by atoms with Gasteiger partial charge in [-0.2, -0.15) is 0 Å². The molecule has 1 saturated carbocycles. The first-order valence-corrected chi connectivity index (χ1v) is 5.88. The van der Waals surface area contributed by atoms with Gasteiger partial charge in [0.15, 0.2) is 0 Å². The molecule has 0 aliphatic heterocycles. The van der Waals surface area contributed by atoms with Crippen molar-refractivity contribution in [2.75, 3.05) is 20.6 Å². The van der Waals surface area contributed by atoms with Crippen molar-refractivity contribution in [2.24, 2.45) is 11.8 Å². The minimum Gasteiger partial charge on any atom is -0.309 e. The third-order valence-corrected chi connectivity index (χ3v) is 3.52. The van der Waals surface area contributed by atoms with Gasteiger partial charge in [0.25, 0.3) is 0 Å². The summed E-state index contributed by atoms with van der Waals surface area (Å²) in [6, 6.07) is 0. The SMILES string of the molecule is CCC1CCCC1CCCN(C)C. The standard InChI is InChI=1S/C12H25N/c1-4-11-7-5-8-12(11)9-6-10-13(2)3/h11-12H,4-10H2,1-3H3. The van der Waals surface area contributed by atoms with Crippen LogP contribution in [0.2, 0.25) is 0 Å². The van der Waals surface area contributed by atoms with Gasteiger partial charge in [0.2, 0.25) is 0 Å². The Kier molecular flexibility index (Phi) is 4.79. The highest BCUT2D eigenvalue weighted by atomic mass is 15.0. The molecule has 1 heteroatoms. The van der Waals surface area contributed by atoms with Crippen molar-refractivity contribution in [1.29, 1.82) is 0 Å². The fourth-order valence-corrected chi connectivity index (χ4v) is 2.70. The van der Waals surface area contributed by atoms with E-state index < -0.39 is 0 Å². The third-order valence-electron chi connectivity index (χ3n) is 3.52. The van der Waals surface area contributed by atoms with E-state index in [1.54, 1.807) is 0 Å². The summed E-state index contributed by atoms with van der Waals surface area (Å²) in [4.78, 5) is 2.30. The molecule has 0 aromatic carbocycles. The van der Waals surface area contributed by atoms with E-state index in [1.807, 2.05) is 0 Å². The lowest BCUT2D eigenvalue weighted by atomic mass is 9.90. The van der Waals surface area contributed by atoms with Gasteiger partial charge in [0.05, 0.1) is 0 Å². The van der Waals surface area contributed by atoms with E-state index in [4.69, 9.17) is 0 Å². The molecule has 2 unspecified atom stereocenters. The number of rotatable bonds is 5. The summed E-state index contributed by atoms with van der Waals surface area (Å²) in [7, 11) is 4.35. The van der Waals surface area contributed by atoms with Gasteiger partial charge in [-0.3, -0.25) is 0 Å². The summed E-state index contributed by atoms with van der Waals surface area (Å²) in [5.74, 6) is 2.12. The van der Waals surface area contributed by atoms with Gasteiger partial charge >= 0.3 is 0 Å². The van der Waals surface area contributed by atoms with E-state index in [-0.39, 0.29) is 0 Å². The van der Waals surface area contributed by atoms with Crippen LogP contribution in [0.5, 0.6) is 0 Å². The minimum atomic E-state index is 1.06. The number of hydrogen-bond donors (Lipinski definition) is 0. The highest BCUT2D eigenvalue weighted by molar-refractivity contribution is 4.76. The van der Waals surface area contributed by atoms with Gasteiger partial charge in [-0.05, 0) is 45.3 Å². The third kappa shape index (κ3) is 3.68. The normalized spacial score (nSPS) is 28.6. The highest BCUT2D eigenvalue weighted by Crippen LogP contribution is 2.36. The Bertz CT molecular complexity index is 131. The van der Waals surface area contributed by atoms with E-state index in [0.717, 1.165) is 11.8 Å². The first-order chi connectivity index (χ1) is 6.24. The summed E-state index contributed by atoms with van der Waals surface area (Å²) >= 11 is 0. The smallest absolute Gasteiger partial charge is 0.00247 e. The molecule has 2 atom stereocenters. The molecule has 0 aromatic rings. The fraction of sp³-hybridized carbons (Fsp3) is 1.00. The Morgan fingerprint density at radius 2 is 1.85 bits per heavy atom. The second-order valence-electron chi connectivity index (χ2n) is 4.80. The minimum absolute atomic E-state index is 1.06. The maximum absolute atomic E-state index is 2.36. The van der Waals surface area contributed by atoms with E-state index in [9.17, 15) is 0 Å². The molecule has 1 nitrogen and oxygen atoms in total. The van der Waals surface area contributed by atoms with E-state index in [1.165, 1.54) is 45.1 Å². The van der Waals surface area contributed by atoms with Crippen LogP contribution in [0.1, 0.15) is 45.4 Å². The van der Waals surface area contributed by atoms with Crippen molar-refractivity contribution in [2.45, 2.75) is 45.4 Å². The summed E-state index contributed by atoms with van der Waals surface area (Å²) in [5, 5.41) is 0. The predicted molar refractivity (Wildman–Crippen MR) is 58.9 cm³/mol. The van der Waals surface area contributed by atoms with Crippen molar-refractivity contribution in [1.82, 2.24) is 4.90 Å². The Morgan fingerprint density at radius 1 is 1.15 bits per heavy atom. The molecule has 0 N–H and O–H groups in total. The topological polar surface area (TPSA) is 3.24 Å². The molecule has 0 amide bonds. The van der Waals surface area contributed by atoms with Gasteiger partial charge in [-0.15, -0.1) is 0 Å². The second kappa shape index (κ2) is 5.64. The van der Waals surface area contributed by atoms with Crippen LogP contribution in [0.25, 0.3) is 0 Å². The van der Waals surface area contributed by atoms with E-state index in [2.05, 4.69) is 25.9 Å². The Hall–Kier alpha value is -0.0400. The summed E-state index contributed by atoms with van der Waals surface area (Å²) in [6.45, 7) is 3.63. The maximum atomic E-state index is 2.36. The lowest BCUT2D eigenvalue weighted by Crippen LogP contribution is -2.15. The molecule has 0 heterocycles. The summed E-state index contributed by atoms with van der Waals surface area (Å²) < 4.78 is 0. The number of nitrogens with zero attached hydrogens (tertiary/aromatic N) is 1. The highest BCUT2D eigenvalue weighted by Gasteiger charge is 2.24. The van der Waals surface area contributed by atoms with Crippen molar-refractivity contribution in [3.8, 4) is 0 Å². The van der Waals surface area contributed by atoms with Gasteiger partial charge in [-0.1, -0.05) is 32.6 Å². The largest absolute Gasteiger partial charge is 0.309 e. The van der Waals surface area contributed by atoms with Crippen LogP contribution in [0.15, 0.2) is 0 Å². The zero-order valence-corrected chi connectivity index (χ0v) is 9.55.